The van der Waals surface area contributed by atoms with Crippen LogP contribution < -0.4 is 5.32 Å². The Morgan fingerprint density at radius 1 is 1.47 bits per heavy atom. The molecule has 3 heteroatoms. The van der Waals surface area contributed by atoms with Gasteiger partial charge in [-0.15, -0.1) is 0 Å². The molecule has 1 aromatic rings. The Balaban J connectivity index is 2.82. The molecule has 0 fully saturated rings. The third kappa shape index (κ3) is 2.85. The lowest BCUT2D eigenvalue weighted by Crippen LogP contribution is -2.42. The fraction of sp³-hybridized carbons (Fsp3) is 0.583. The summed E-state index contributed by atoms with van der Waals surface area (Å²) in [6.07, 6.45) is 0.897. The lowest BCUT2D eigenvalue weighted by atomic mass is 10.0. The van der Waals surface area contributed by atoms with Crippen molar-refractivity contribution in [1.29, 1.82) is 0 Å². The molecule has 0 saturated carbocycles. The first-order chi connectivity index (χ1) is 6.85. The lowest BCUT2D eigenvalue weighted by Gasteiger charge is -2.24. The van der Waals surface area contributed by atoms with Crippen LogP contribution in [0.1, 0.15) is 49.1 Å². The number of amides is 1. The second kappa shape index (κ2) is 4.09. The maximum absolute atomic E-state index is 11.9. The minimum absolute atomic E-state index is 0.0591. The van der Waals surface area contributed by atoms with Gasteiger partial charge in [-0.2, -0.15) is 0 Å². The molecule has 84 valence electrons. The SMILES string of the molecule is CCC(C)(C)NC(=O)c1cc(C)oc1C. The first-order valence-electron chi connectivity index (χ1n) is 5.25. The van der Waals surface area contributed by atoms with E-state index >= 15 is 0 Å². The maximum Gasteiger partial charge on any atom is 0.255 e. The smallest absolute Gasteiger partial charge is 0.255 e. The summed E-state index contributed by atoms with van der Waals surface area (Å²) in [6.45, 7) is 9.71. The molecular formula is C12H19NO2. The molecule has 0 aliphatic carbocycles. The topological polar surface area (TPSA) is 42.2 Å². The van der Waals surface area contributed by atoms with E-state index in [2.05, 4.69) is 5.32 Å². The molecule has 1 aromatic heterocycles. The summed E-state index contributed by atoms with van der Waals surface area (Å²) in [5, 5.41) is 2.98. The summed E-state index contributed by atoms with van der Waals surface area (Å²) >= 11 is 0. The van der Waals surface area contributed by atoms with Crippen LogP contribution >= 0.6 is 0 Å². The van der Waals surface area contributed by atoms with Gasteiger partial charge in [0.25, 0.3) is 5.91 Å². The van der Waals surface area contributed by atoms with Crippen LogP contribution in [0.4, 0.5) is 0 Å². The van der Waals surface area contributed by atoms with Gasteiger partial charge < -0.3 is 9.73 Å². The average Bonchev–Trinajstić information content (AvgIpc) is 2.45. The zero-order valence-electron chi connectivity index (χ0n) is 10.1. The van der Waals surface area contributed by atoms with Gasteiger partial charge in [0.1, 0.15) is 11.5 Å². The Hall–Kier alpha value is -1.25. The average molecular weight is 209 g/mol. The minimum Gasteiger partial charge on any atom is -0.466 e. The van der Waals surface area contributed by atoms with Crippen molar-refractivity contribution in [1.82, 2.24) is 5.32 Å². The van der Waals surface area contributed by atoms with Crippen LogP contribution in [0.3, 0.4) is 0 Å². The van der Waals surface area contributed by atoms with Crippen LogP contribution in [-0.2, 0) is 0 Å². The predicted molar refractivity (Wildman–Crippen MR) is 60.0 cm³/mol. The molecule has 0 saturated heterocycles. The second-order valence-electron chi connectivity index (χ2n) is 4.52. The highest BCUT2D eigenvalue weighted by atomic mass is 16.3. The summed E-state index contributed by atoms with van der Waals surface area (Å²) in [6, 6.07) is 1.77. The fourth-order valence-corrected chi connectivity index (χ4v) is 1.32. The molecule has 15 heavy (non-hydrogen) atoms. The van der Waals surface area contributed by atoms with Crippen molar-refractivity contribution in [2.24, 2.45) is 0 Å². The number of hydrogen-bond acceptors (Lipinski definition) is 2. The fourth-order valence-electron chi connectivity index (χ4n) is 1.32. The van der Waals surface area contributed by atoms with E-state index in [-0.39, 0.29) is 11.4 Å². The van der Waals surface area contributed by atoms with E-state index in [4.69, 9.17) is 4.42 Å². The lowest BCUT2D eigenvalue weighted by molar-refractivity contribution is 0.0909. The molecule has 0 bridgehead atoms. The summed E-state index contributed by atoms with van der Waals surface area (Å²) in [7, 11) is 0. The first kappa shape index (κ1) is 11.8. The number of furan rings is 1. The van der Waals surface area contributed by atoms with Gasteiger partial charge in [0.05, 0.1) is 5.56 Å². The summed E-state index contributed by atoms with van der Waals surface area (Å²) in [4.78, 5) is 11.9. The summed E-state index contributed by atoms with van der Waals surface area (Å²) < 4.78 is 5.32. The van der Waals surface area contributed by atoms with E-state index in [9.17, 15) is 4.79 Å². The van der Waals surface area contributed by atoms with Gasteiger partial charge in [-0.1, -0.05) is 6.92 Å². The normalized spacial score (nSPS) is 11.5. The Morgan fingerprint density at radius 2 is 2.07 bits per heavy atom. The van der Waals surface area contributed by atoms with E-state index in [0.717, 1.165) is 12.2 Å². The zero-order valence-corrected chi connectivity index (χ0v) is 10.1. The van der Waals surface area contributed by atoms with Gasteiger partial charge in [-0.05, 0) is 40.2 Å². The first-order valence-corrected chi connectivity index (χ1v) is 5.25. The maximum atomic E-state index is 11.9. The number of nitrogens with one attached hydrogen (secondary N) is 1. The van der Waals surface area contributed by atoms with E-state index < -0.39 is 0 Å². The number of hydrogen-bond donors (Lipinski definition) is 1. The van der Waals surface area contributed by atoms with Crippen LogP contribution in [0.15, 0.2) is 10.5 Å². The van der Waals surface area contributed by atoms with Gasteiger partial charge in [0.2, 0.25) is 0 Å². The van der Waals surface area contributed by atoms with Crippen molar-refractivity contribution in [3.05, 3.63) is 23.2 Å². The Labute approximate surface area is 90.9 Å². The molecule has 3 nitrogen and oxygen atoms in total. The molecule has 0 aliphatic rings. The molecule has 0 aromatic carbocycles. The van der Waals surface area contributed by atoms with Gasteiger partial charge in [-0.25, -0.2) is 0 Å². The number of rotatable bonds is 3. The van der Waals surface area contributed by atoms with Crippen molar-refractivity contribution in [2.75, 3.05) is 0 Å². The molecular weight excluding hydrogens is 190 g/mol. The van der Waals surface area contributed by atoms with Crippen molar-refractivity contribution in [3.63, 3.8) is 0 Å². The number of aryl methyl sites for hydroxylation is 2. The quantitative estimate of drug-likeness (QED) is 0.831. The Bertz CT molecular complexity index is 364. The largest absolute Gasteiger partial charge is 0.466 e. The third-order valence-corrected chi connectivity index (χ3v) is 2.62. The molecule has 0 atom stereocenters. The van der Waals surface area contributed by atoms with Crippen LogP contribution in [0.5, 0.6) is 0 Å². The molecule has 0 radical (unpaired) electrons. The van der Waals surface area contributed by atoms with Crippen LogP contribution in [0.2, 0.25) is 0 Å². The van der Waals surface area contributed by atoms with E-state index in [0.29, 0.717) is 11.3 Å². The third-order valence-electron chi connectivity index (χ3n) is 2.62. The standard InChI is InChI=1S/C12H19NO2/c1-6-12(4,5)13-11(14)10-7-8(2)15-9(10)3/h7H,6H2,1-5H3,(H,13,14). The van der Waals surface area contributed by atoms with Crippen LogP contribution in [0, 0.1) is 13.8 Å². The van der Waals surface area contributed by atoms with E-state index in [1.54, 1.807) is 13.0 Å². The Kier molecular flexibility index (Phi) is 3.22. The second-order valence-corrected chi connectivity index (χ2v) is 4.52. The summed E-state index contributed by atoms with van der Waals surface area (Å²) in [5.74, 6) is 1.39. The molecule has 0 aliphatic heterocycles. The van der Waals surface area contributed by atoms with Gasteiger partial charge in [-0.3, -0.25) is 4.79 Å². The van der Waals surface area contributed by atoms with E-state index in [1.165, 1.54) is 0 Å². The molecule has 1 heterocycles. The molecule has 1 amide bonds. The molecule has 0 unspecified atom stereocenters. The van der Waals surface area contributed by atoms with Crippen LogP contribution in [-0.4, -0.2) is 11.4 Å². The highest BCUT2D eigenvalue weighted by Gasteiger charge is 2.21. The molecule has 0 spiro atoms. The van der Waals surface area contributed by atoms with Crippen LogP contribution in [0.25, 0.3) is 0 Å². The highest BCUT2D eigenvalue weighted by molar-refractivity contribution is 5.95. The van der Waals surface area contributed by atoms with Gasteiger partial charge in [0.15, 0.2) is 0 Å². The minimum atomic E-state index is -0.172. The van der Waals surface area contributed by atoms with Crippen molar-refractivity contribution in [3.8, 4) is 0 Å². The summed E-state index contributed by atoms with van der Waals surface area (Å²) in [5.41, 5.74) is 0.461. The zero-order chi connectivity index (χ0) is 11.6. The Morgan fingerprint density at radius 3 is 2.47 bits per heavy atom. The van der Waals surface area contributed by atoms with Gasteiger partial charge in [0, 0.05) is 5.54 Å². The van der Waals surface area contributed by atoms with Crippen molar-refractivity contribution < 1.29 is 9.21 Å². The molecule has 1 N–H and O–H groups in total. The number of carbonyl (C=O) groups is 1. The van der Waals surface area contributed by atoms with Crippen molar-refractivity contribution >= 4 is 5.91 Å². The highest BCUT2D eigenvalue weighted by Crippen LogP contribution is 2.15. The van der Waals surface area contributed by atoms with E-state index in [1.807, 2.05) is 27.7 Å². The monoisotopic (exact) mass is 209 g/mol. The number of carbonyl (C=O) groups excluding carboxylic acids is 1. The molecule has 1 rings (SSSR count). The van der Waals surface area contributed by atoms with Gasteiger partial charge >= 0.3 is 0 Å². The predicted octanol–water partition coefficient (Wildman–Crippen LogP) is 2.81. The van der Waals surface area contributed by atoms with Crippen molar-refractivity contribution in [2.45, 2.75) is 46.6 Å².